The lowest BCUT2D eigenvalue weighted by Crippen LogP contribution is -2.17. The number of furan rings is 1. The molecule has 1 unspecified atom stereocenters. The minimum absolute atomic E-state index is 0.231. The highest BCUT2D eigenvalue weighted by Crippen LogP contribution is 2.15. The number of hydrogen-bond donors (Lipinski definition) is 1. The van der Waals surface area contributed by atoms with Gasteiger partial charge in [0.15, 0.2) is 0 Å². The van der Waals surface area contributed by atoms with Gasteiger partial charge in [-0.15, -0.1) is 0 Å². The third kappa shape index (κ3) is 2.97. The molecule has 1 aromatic heterocycles. The van der Waals surface area contributed by atoms with Crippen molar-refractivity contribution in [3.63, 3.8) is 0 Å². The first-order valence-corrected chi connectivity index (χ1v) is 6.06. The molecule has 1 aromatic carbocycles. The Kier molecular flexibility index (Phi) is 3.80. The lowest BCUT2D eigenvalue weighted by molar-refractivity contribution is 0.430. The Balaban J connectivity index is 1.92. The van der Waals surface area contributed by atoms with E-state index in [0.717, 1.165) is 16.8 Å². The summed E-state index contributed by atoms with van der Waals surface area (Å²) in [5.41, 5.74) is 1.26. The van der Waals surface area contributed by atoms with Crippen molar-refractivity contribution in [2.45, 2.75) is 19.5 Å². The standard InChI is InChI=1S/C13H14BrNO/c1-10(13-6-3-7-16-13)15-9-11-4-2-5-12(14)8-11/h2-8,10,15H,9H2,1H3. The molecule has 2 aromatic rings. The second-order valence-corrected chi connectivity index (χ2v) is 4.66. The van der Waals surface area contributed by atoms with E-state index in [1.165, 1.54) is 5.56 Å². The first-order valence-electron chi connectivity index (χ1n) is 5.27. The molecule has 0 radical (unpaired) electrons. The molecular formula is C13H14BrNO. The number of nitrogens with one attached hydrogen (secondary N) is 1. The molecule has 16 heavy (non-hydrogen) atoms. The average Bonchev–Trinajstić information content (AvgIpc) is 2.79. The first kappa shape index (κ1) is 11.4. The van der Waals surface area contributed by atoms with Crippen LogP contribution in [0.2, 0.25) is 0 Å². The van der Waals surface area contributed by atoms with Crippen LogP contribution in [0.4, 0.5) is 0 Å². The zero-order valence-corrected chi connectivity index (χ0v) is 10.7. The molecule has 0 saturated carbocycles. The van der Waals surface area contributed by atoms with Crippen molar-refractivity contribution >= 4 is 15.9 Å². The van der Waals surface area contributed by atoms with Gasteiger partial charge in [0.2, 0.25) is 0 Å². The molecule has 0 amide bonds. The molecule has 0 aliphatic heterocycles. The average molecular weight is 280 g/mol. The van der Waals surface area contributed by atoms with Gasteiger partial charge >= 0.3 is 0 Å². The van der Waals surface area contributed by atoms with E-state index in [9.17, 15) is 0 Å². The normalized spacial score (nSPS) is 12.6. The summed E-state index contributed by atoms with van der Waals surface area (Å²) in [6.45, 7) is 2.93. The number of benzene rings is 1. The molecule has 0 aliphatic rings. The van der Waals surface area contributed by atoms with Crippen LogP contribution >= 0.6 is 15.9 Å². The summed E-state index contributed by atoms with van der Waals surface area (Å²) in [5, 5.41) is 3.41. The fraction of sp³-hybridized carbons (Fsp3) is 0.231. The summed E-state index contributed by atoms with van der Waals surface area (Å²) >= 11 is 3.46. The van der Waals surface area contributed by atoms with E-state index < -0.39 is 0 Å². The van der Waals surface area contributed by atoms with Crippen LogP contribution in [-0.4, -0.2) is 0 Å². The second-order valence-electron chi connectivity index (χ2n) is 3.75. The van der Waals surface area contributed by atoms with Gasteiger partial charge in [0.25, 0.3) is 0 Å². The molecule has 0 saturated heterocycles. The fourth-order valence-electron chi connectivity index (χ4n) is 1.56. The highest BCUT2D eigenvalue weighted by Gasteiger charge is 2.06. The van der Waals surface area contributed by atoms with Crippen molar-refractivity contribution < 1.29 is 4.42 Å². The van der Waals surface area contributed by atoms with Gasteiger partial charge in [0, 0.05) is 11.0 Å². The van der Waals surface area contributed by atoms with Crippen LogP contribution in [0.3, 0.4) is 0 Å². The van der Waals surface area contributed by atoms with Crippen molar-refractivity contribution in [3.8, 4) is 0 Å². The second kappa shape index (κ2) is 5.32. The van der Waals surface area contributed by atoms with E-state index >= 15 is 0 Å². The predicted octanol–water partition coefficient (Wildman–Crippen LogP) is 3.89. The number of hydrogen-bond acceptors (Lipinski definition) is 2. The van der Waals surface area contributed by atoms with Gasteiger partial charge in [-0.25, -0.2) is 0 Å². The monoisotopic (exact) mass is 279 g/mol. The van der Waals surface area contributed by atoms with Crippen molar-refractivity contribution in [1.29, 1.82) is 0 Å². The van der Waals surface area contributed by atoms with Crippen LogP contribution in [0.5, 0.6) is 0 Å². The topological polar surface area (TPSA) is 25.2 Å². The Morgan fingerprint density at radius 1 is 1.31 bits per heavy atom. The van der Waals surface area contributed by atoms with E-state index in [1.54, 1.807) is 6.26 Å². The van der Waals surface area contributed by atoms with E-state index in [4.69, 9.17) is 4.42 Å². The fourth-order valence-corrected chi connectivity index (χ4v) is 2.00. The van der Waals surface area contributed by atoms with Gasteiger partial charge in [0.1, 0.15) is 5.76 Å². The van der Waals surface area contributed by atoms with Gasteiger partial charge in [0.05, 0.1) is 12.3 Å². The Morgan fingerprint density at radius 2 is 2.19 bits per heavy atom. The minimum atomic E-state index is 0.231. The summed E-state index contributed by atoms with van der Waals surface area (Å²) in [5.74, 6) is 0.968. The maximum Gasteiger partial charge on any atom is 0.120 e. The summed E-state index contributed by atoms with van der Waals surface area (Å²) < 4.78 is 6.44. The Hall–Kier alpha value is -1.06. The summed E-state index contributed by atoms with van der Waals surface area (Å²) in [6, 6.07) is 12.4. The van der Waals surface area contributed by atoms with Crippen LogP contribution in [0, 0.1) is 0 Å². The molecule has 1 atom stereocenters. The van der Waals surface area contributed by atoms with Crippen molar-refractivity contribution in [1.82, 2.24) is 5.32 Å². The van der Waals surface area contributed by atoms with E-state index in [0.29, 0.717) is 0 Å². The van der Waals surface area contributed by atoms with Crippen molar-refractivity contribution in [3.05, 3.63) is 58.5 Å². The SMILES string of the molecule is CC(NCc1cccc(Br)c1)c1ccco1. The molecule has 1 heterocycles. The van der Waals surface area contributed by atoms with E-state index in [2.05, 4.69) is 40.3 Å². The lowest BCUT2D eigenvalue weighted by Gasteiger charge is -2.11. The summed E-state index contributed by atoms with van der Waals surface area (Å²) in [4.78, 5) is 0. The number of rotatable bonds is 4. The highest BCUT2D eigenvalue weighted by molar-refractivity contribution is 9.10. The Labute approximate surface area is 104 Å². The smallest absolute Gasteiger partial charge is 0.120 e. The van der Waals surface area contributed by atoms with Crippen LogP contribution in [0.1, 0.15) is 24.3 Å². The van der Waals surface area contributed by atoms with Crippen LogP contribution < -0.4 is 5.32 Å². The zero-order valence-electron chi connectivity index (χ0n) is 9.11. The molecule has 84 valence electrons. The lowest BCUT2D eigenvalue weighted by atomic mass is 10.2. The van der Waals surface area contributed by atoms with E-state index in [1.807, 2.05) is 24.3 Å². The summed E-state index contributed by atoms with van der Waals surface area (Å²) in [6.07, 6.45) is 1.70. The zero-order chi connectivity index (χ0) is 11.4. The van der Waals surface area contributed by atoms with Gasteiger partial charge in [-0.3, -0.25) is 0 Å². The Bertz CT molecular complexity index is 439. The molecule has 1 N–H and O–H groups in total. The van der Waals surface area contributed by atoms with Gasteiger partial charge < -0.3 is 9.73 Å². The number of halogens is 1. The maximum absolute atomic E-state index is 5.34. The molecule has 2 rings (SSSR count). The van der Waals surface area contributed by atoms with Gasteiger partial charge in [-0.2, -0.15) is 0 Å². The van der Waals surface area contributed by atoms with Crippen LogP contribution in [-0.2, 0) is 6.54 Å². The minimum Gasteiger partial charge on any atom is -0.468 e. The molecule has 3 heteroatoms. The molecule has 0 aliphatic carbocycles. The maximum atomic E-state index is 5.34. The molecule has 2 nitrogen and oxygen atoms in total. The Morgan fingerprint density at radius 3 is 2.88 bits per heavy atom. The largest absolute Gasteiger partial charge is 0.468 e. The first-order chi connectivity index (χ1) is 7.75. The van der Waals surface area contributed by atoms with Gasteiger partial charge in [-0.05, 0) is 36.8 Å². The molecular weight excluding hydrogens is 266 g/mol. The van der Waals surface area contributed by atoms with Crippen molar-refractivity contribution in [2.24, 2.45) is 0 Å². The highest BCUT2D eigenvalue weighted by atomic mass is 79.9. The van der Waals surface area contributed by atoms with Crippen LogP contribution in [0.15, 0.2) is 51.6 Å². The third-order valence-corrected chi connectivity index (χ3v) is 2.96. The van der Waals surface area contributed by atoms with E-state index in [-0.39, 0.29) is 6.04 Å². The third-order valence-electron chi connectivity index (χ3n) is 2.47. The molecule has 0 bridgehead atoms. The van der Waals surface area contributed by atoms with Crippen molar-refractivity contribution in [2.75, 3.05) is 0 Å². The van der Waals surface area contributed by atoms with Crippen LogP contribution in [0.25, 0.3) is 0 Å². The predicted molar refractivity (Wildman–Crippen MR) is 68.1 cm³/mol. The quantitative estimate of drug-likeness (QED) is 0.919. The molecule has 0 spiro atoms. The van der Waals surface area contributed by atoms with Gasteiger partial charge in [-0.1, -0.05) is 28.1 Å². The summed E-state index contributed by atoms with van der Waals surface area (Å²) in [7, 11) is 0. The molecule has 0 fully saturated rings.